The molecule has 0 bridgehead atoms. The predicted octanol–water partition coefficient (Wildman–Crippen LogP) is 2.73. The Morgan fingerprint density at radius 2 is 1.89 bits per heavy atom. The lowest BCUT2D eigenvalue weighted by atomic mass is 10.3. The molecule has 0 spiro atoms. The van der Waals surface area contributed by atoms with Gasteiger partial charge in [-0.3, -0.25) is 4.99 Å². The van der Waals surface area contributed by atoms with Gasteiger partial charge in [-0.15, -0.1) is 0 Å². The van der Waals surface area contributed by atoms with Crippen molar-refractivity contribution >= 4 is 18.3 Å². The minimum Gasteiger partial charge on any atom is -0.268 e. The van der Waals surface area contributed by atoms with E-state index in [1.807, 2.05) is 6.92 Å². The third-order valence-electron chi connectivity index (χ3n) is 0.930. The third kappa shape index (κ3) is 2.47. The second kappa shape index (κ2) is 3.46. The number of halogens is 1. The van der Waals surface area contributed by atoms with Crippen molar-refractivity contribution in [1.29, 1.82) is 0 Å². The topological polar surface area (TPSA) is 12.4 Å². The van der Waals surface area contributed by atoms with Crippen molar-refractivity contribution in [3.8, 4) is 0 Å². The van der Waals surface area contributed by atoms with Gasteiger partial charge in [0.1, 0.15) is 0 Å². The summed E-state index contributed by atoms with van der Waals surface area (Å²) < 4.78 is 0. The van der Waals surface area contributed by atoms with E-state index in [9.17, 15) is 0 Å². The van der Waals surface area contributed by atoms with Crippen LogP contribution in [0.3, 0.4) is 0 Å². The number of allylic oxidation sites excluding steroid dienone is 3. The van der Waals surface area contributed by atoms with Crippen molar-refractivity contribution < 1.29 is 0 Å². The molecule has 0 radical (unpaired) electrons. The molecule has 0 saturated heterocycles. The SMILES string of the molecule is C=NC(C)=C(Cl)C(=C)C. The first-order chi connectivity index (χ1) is 4.09. The van der Waals surface area contributed by atoms with Crippen LogP contribution in [0.4, 0.5) is 0 Å². The number of hydrogen-bond acceptors (Lipinski definition) is 1. The largest absolute Gasteiger partial charge is 0.268 e. The van der Waals surface area contributed by atoms with Crippen molar-refractivity contribution in [3.63, 3.8) is 0 Å². The third-order valence-corrected chi connectivity index (χ3v) is 1.53. The van der Waals surface area contributed by atoms with Gasteiger partial charge >= 0.3 is 0 Å². The molecule has 0 unspecified atom stereocenters. The molecule has 0 atom stereocenters. The van der Waals surface area contributed by atoms with Crippen molar-refractivity contribution in [2.45, 2.75) is 13.8 Å². The first-order valence-corrected chi connectivity index (χ1v) is 2.96. The molecule has 0 rings (SSSR count). The summed E-state index contributed by atoms with van der Waals surface area (Å²) in [6.07, 6.45) is 0. The fourth-order valence-electron chi connectivity index (χ4n) is 0.378. The molecule has 1 nitrogen and oxygen atoms in total. The molecule has 0 amide bonds. The minimum absolute atomic E-state index is 0.602. The summed E-state index contributed by atoms with van der Waals surface area (Å²) in [5.74, 6) is 0. The van der Waals surface area contributed by atoms with E-state index < -0.39 is 0 Å². The Kier molecular flexibility index (Phi) is 3.25. The maximum atomic E-state index is 5.71. The van der Waals surface area contributed by atoms with Crippen LogP contribution in [0.2, 0.25) is 0 Å². The first kappa shape index (κ1) is 8.44. The van der Waals surface area contributed by atoms with Crippen molar-refractivity contribution in [3.05, 3.63) is 22.9 Å². The van der Waals surface area contributed by atoms with Gasteiger partial charge < -0.3 is 0 Å². The Labute approximate surface area is 60.7 Å². The first-order valence-electron chi connectivity index (χ1n) is 2.58. The number of nitrogens with zero attached hydrogens (tertiary/aromatic N) is 1. The van der Waals surface area contributed by atoms with Crippen LogP contribution in [0.15, 0.2) is 27.9 Å². The van der Waals surface area contributed by atoms with E-state index in [4.69, 9.17) is 11.6 Å². The molecular weight excluding hydrogens is 134 g/mol. The summed E-state index contributed by atoms with van der Waals surface area (Å²) in [5, 5.41) is 0.602. The van der Waals surface area contributed by atoms with Gasteiger partial charge in [-0.2, -0.15) is 0 Å². The molecule has 2 heteroatoms. The molecule has 0 fully saturated rings. The Balaban J connectivity index is 4.47. The van der Waals surface area contributed by atoms with Gasteiger partial charge in [0, 0.05) is 0 Å². The normalized spacial score (nSPS) is 12.3. The fourth-order valence-corrected chi connectivity index (χ4v) is 0.438. The van der Waals surface area contributed by atoms with Crippen LogP contribution in [-0.4, -0.2) is 6.72 Å². The molecule has 9 heavy (non-hydrogen) atoms. The van der Waals surface area contributed by atoms with E-state index >= 15 is 0 Å². The minimum atomic E-state index is 0.602. The van der Waals surface area contributed by atoms with Crippen molar-refractivity contribution in [2.75, 3.05) is 0 Å². The van der Waals surface area contributed by atoms with Crippen LogP contribution in [0.1, 0.15) is 13.8 Å². The van der Waals surface area contributed by atoms with Crippen LogP contribution in [-0.2, 0) is 0 Å². The average Bonchev–Trinajstić information content (AvgIpc) is 1.84. The van der Waals surface area contributed by atoms with Crippen LogP contribution in [0, 0.1) is 0 Å². The zero-order valence-corrected chi connectivity index (χ0v) is 6.50. The standard InChI is InChI=1S/C7H10ClN/c1-5(2)7(8)6(3)9-4/h1,4H2,2-3H3. The lowest BCUT2D eigenvalue weighted by Gasteiger charge is -1.96. The van der Waals surface area contributed by atoms with E-state index in [0.29, 0.717) is 5.03 Å². The lowest BCUT2D eigenvalue weighted by Crippen LogP contribution is -1.77. The summed E-state index contributed by atoms with van der Waals surface area (Å²) in [4.78, 5) is 3.65. The molecule has 0 aliphatic heterocycles. The van der Waals surface area contributed by atoms with Gasteiger partial charge in [0.25, 0.3) is 0 Å². The highest BCUT2D eigenvalue weighted by atomic mass is 35.5. The molecule has 50 valence electrons. The second-order valence-electron chi connectivity index (χ2n) is 1.84. The van der Waals surface area contributed by atoms with Gasteiger partial charge in [-0.1, -0.05) is 18.2 Å². The fraction of sp³-hybridized carbons (Fsp3) is 0.286. The molecule has 0 heterocycles. The predicted molar refractivity (Wildman–Crippen MR) is 42.9 cm³/mol. The number of aliphatic imine (C=N–C) groups is 1. The van der Waals surface area contributed by atoms with Crippen LogP contribution in [0.25, 0.3) is 0 Å². The van der Waals surface area contributed by atoms with E-state index in [2.05, 4.69) is 18.3 Å². The highest BCUT2D eigenvalue weighted by molar-refractivity contribution is 6.32. The smallest absolute Gasteiger partial charge is 0.0641 e. The van der Waals surface area contributed by atoms with Crippen molar-refractivity contribution in [2.24, 2.45) is 4.99 Å². The number of rotatable bonds is 2. The van der Waals surface area contributed by atoms with E-state index in [1.54, 1.807) is 6.92 Å². The van der Waals surface area contributed by atoms with E-state index in [0.717, 1.165) is 11.3 Å². The Hall–Kier alpha value is -0.560. The van der Waals surface area contributed by atoms with Crippen molar-refractivity contribution in [1.82, 2.24) is 0 Å². The van der Waals surface area contributed by atoms with E-state index in [1.165, 1.54) is 0 Å². The monoisotopic (exact) mass is 143 g/mol. The highest BCUT2D eigenvalue weighted by Crippen LogP contribution is 2.16. The number of hydrogen-bond donors (Lipinski definition) is 0. The van der Waals surface area contributed by atoms with Gasteiger partial charge in [0.2, 0.25) is 0 Å². The maximum Gasteiger partial charge on any atom is 0.0641 e. The Bertz CT molecular complexity index is 168. The summed E-state index contributed by atoms with van der Waals surface area (Å²) in [6, 6.07) is 0. The lowest BCUT2D eigenvalue weighted by molar-refractivity contribution is 1.28. The van der Waals surface area contributed by atoms with Crippen LogP contribution in [0.5, 0.6) is 0 Å². The summed E-state index contributed by atoms with van der Waals surface area (Å²) in [6.45, 7) is 10.6. The zero-order chi connectivity index (χ0) is 7.44. The molecule has 0 saturated carbocycles. The second-order valence-corrected chi connectivity index (χ2v) is 2.22. The molecule has 0 N–H and O–H groups in total. The summed E-state index contributed by atoms with van der Waals surface area (Å²) in [5.41, 5.74) is 1.55. The van der Waals surface area contributed by atoms with Crippen LogP contribution < -0.4 is 0 Å². The highest BCUT2D eigenvalue weighted by Gasteiger charge is 1.95. The quantitative estimate of drug-likeness (QED) is 0.417. The van der Waals surface area contributed by atoms with Crippen LogP contribution >= 0.6 is 11.6 Å². The Morgan fingerprint density at radius 1 is 1.44 bits per heavy atom. The summed E-state index contributed by atoms with van der Waals surface area (Å²) in [7, 11) is 0. The maximum absolute atomic E-state index is 5.71. The molecule has 0 aromatic carbocycles. The Morgan fingerprint density at radius 3 is 2.00 bits per heavy atom. The van der Waals surface area contributed by atoms with Gasteiger partial charge in [0.15, 0.2) is 0 Å². The van der Waals surface area contributed by atoms with Gasteiger partial charge in [0.05, 0.1) is 10.7 Å². The average molecular weight is 144 g/mol. The van der Waals surface area contributed by atoms with Gasteiger partial charge in [-0.25, -0.2) is 0 Å². The van der Waals surface area contributed by atoms with Gasteiger partial charge in [-0.05, 0) is 26.1 Å². The molecule has 0 aromatic rings. The molecule has 0 aliphatic carbocycles. The zero-order valence-electron chi connectivity index (χ0n) is 5.74. The molecular formula is C7H10ClN. The van der Waals surface area contributed by atoms with E-state index in [-0.39, 0.29) is 0 Å². The molecule has 0 aromatic heterocycles. The summed E-state index contributed by atoms with van der Waals surface area (Å²) >= 11 is 5.71. The molecule has 0 aliphatic rings.